The first-order chi connectivity index (χ1) is 15.6. The molecule has 17 heteroatoms. The Kier molecular flexibility index (Phi) is 10.7. The van der Waals surface area contributed by atoms with Crippen LogP contribution in [-0.4, -0.2) is 77.0 Å². The van der Waals surface area contributed by atoms with Crippen molar-refractivity contribution in [3.63, 3.8) is 0 Å². The normalized spacial score (nSPS) is 26.3. The molecule has 0 aliphatic carbocycles. The Hall–Kier alpha value is -2.51. The molecule has 5 atom stereocenters. The van der Waals surface area contributed by atoms with Gasteiger partial charge in [0.05, 0.1) is 0 Å². The third-order valence-corrected chi connectivity index (χ3v) is 4.23. The molecule has 0 radical (unpaired) electrons. The summed E-state index contributed by atoms with van der Waals surface area (Å²) in [6.45, 7) is 2.38. The van der Waals surface area contributed by atoms with Crippen LogP contribution in [0.3, 0.4) is 0 Å². The van der Waals surface area contributed by atoms with Crippen molar-refractivity contribution in [1.29, 1.82) is 0 Å². The number of esters is 5. The van der Waals surface area contributed by atoms with Gasteiger partial charge in [-0.1, -0.05) is 34.8 Å². The van der Waals surface area contributed by atoms with Crippen molar-refractivity contribution in [1.82, 2.24) is 0 Å². The molecule has 14 nitrogen and oxygen atoms in total. The summed E-state index contributed by atoms with van der Waals surface area (Å²) in [4.78, 5) is 62.4. The Morgan fingerprint density at radius 2 is 1.44 bits per heavy atom. The van der Waals surface area contributed by atoms with E-state index in [1.807, 2.05) is 0 Å². The standard InChI is InChI=1S/C17H20Cl3N3O11/c1-7(24)29-5-11-12(31-8(2)25)13(32-9(3)26)14(33-10(4)27)17(34-11,22-23-21)15(28)30-6-16(18,19)20/h11-14H,5-6H2,1-4H3/t11-,12+,13+,14-,17+/m1/s1. The molecule has 0 spiro atoms. The van der Waals surface area contributed by atoms with Gasteiger partial charge < -0.3 is 28.4 Å². The van der Waals surface area contributed by atoms with E-state index in [-0.39, 0.29) is 0 Å². The number of carbonyl (C=O) groups excluding carboxylic acids is 5. The second kappa shape index (κ2) is 12.3. The summed E-state index contributed by atoms with van der Waals surface area (Å²) in [5.74, 6) is -5.25. The van der Waals surface area contributed by atoms with Gasteiger partial charge in [-0.15, -0.1) is 0 Å². The quantitative estimate of drug-likeness (QED) is 0.107. The van der Waals surface area contributed by atoms with Crippen LogP contribution in [0.4, 0.5) is 0 Å². The highest BCUT2D eigenvalue weighted by Gasteiger charge is 2.64. The molecule has 0 aromatic rings. The molecule has 1 aliphatic rings. The monoisotopic (exact) mass is 547 g/mol. The number of nitrogens with zero attached hydrogens (tertiary/aromatic N) is 3. The molecule has 0 bridgehead atoms. The summed E-state index contributed by atoms with van der Waals surface area (Å²) >= 11 is 16.8. The lowest BCUT2D eigenvalue weighted by molar-refractivity contribution is -0.283. The number of azide groups is 1. The average molecular weight is 549 g/mol. The van der Waals surface area contributed by atoms with E-state index in [1.54, 1.807) is 0 Å². The SMILES string of the molecule is CC(=O)OC[C@H]1O[C@](N=[N+]=[N-])(C(=O)OCC(Cl)(Cl)Cl)[C@H](OC(C)=O)[C@@H](OC(C)=O)[C@H]1OC(C)=O. The third kappa shape index (κ3) is 8.37. The fourth-order valence-electron chi connectivity index (χ4n) is 2.88. The van der Waals surface area contributed by atoms with Gasteiger partial charge in [-0.3, -0.25) is 19.2 Å². The zero-order chi connectivity index (χ0) is 26.3. The van der Waals surface area contributed by atoms with E-state index in [2.05, 4.69) is 10.0 Å². The van der Waals surface area contributed by atoms with Gasteiger partial charge in [-0.05, 0) is 10.6 Å². The van der Waals surface area contributed by atoms with Crippen LogP contribution in [-0.2, 0) is 52.4 Å². The number of hydrogen-bond donors (Lipinski definition) is 0. The highest BCUT2D eigenvalue weighted by atomic mass is 35.6. The number of hydrogen-bond acceptors (Lipinski definition) is 12. The van der Waals surface area contributed by atoms with Gasteiger partial charge in [0, 0.05) is 32.6 Å². The zero-order valence-corrected chi connectivity index (χ0v) is 20.5. The minimum atomic E-state index is -2.89. The van der Waals surface area contributed by atoms with Crippen molar-refractivity contribution in [2.75, 3.05) is 13.2 Å². The number of ether oxygens (including phenoxy) is 6. The number of alkyl halides is 3. The second-order valence-electron chi connectivity index (χ2n) is 6.71. The molecule has 0 N–H and O–H groups in total. The topological polar surface area (TPSA) is 189 Å². The van der Waals surface area contributed by atoms with Crippen LogP contribution in [0.2, 0.25) is 0 Å². The maximum Gasteiger partial charge on any atom is 0.349 e. The van der Waals surface area contributed by atoms with Gasteiger partial charge in [0.25, 0.3) is 5.72 Å². The molecule has 1 heterocycles. The lowest BCUT2D eigenvalue weighted by Gasteiger charge is -2.47. The fraction of sp³-hybridized carbons (Fsp3) is 0.706. The van der Waals surface area contributed by atoms with Crippen LogP contribution in [0.15, 0.2) is 5.11 Å². The average Bonchev–Trinajstić information content (AvgIpc) is 2.67. The number of halogens is 3. The molecule has 0 saturated carbocycles. The van der Waals surface area contributed by atoms with Gasteiger partial charge in [0.2, 0.25) is 3.79 Å². The van der Waals surface area contributed by atoms with Gasteiger partial charge in [0.1, 0.15) is 19.3 Å². The van der Waals surface area contributed by atoms with Gasteiger partial charge in [-0.25, -0.2) is 4.79 Å². The first-order valence-corrected chi connectivity index (χ1v) is 10.4. The first kappa shape index (κ1) is 29.5. The molecule has 190 valence electrons. The Bertz CT molecular complexity index is 875. The van der Waals surface area contributed by atoms with Gasteiger partial charge in [-0.2, -0.15) is 0 Å². The molecule has 0 aromatic carbocycles. The van der Waals surface area contributed by atoms with E-state index in [0.29, 0.717) is 0 Å². The summed E-state index contributed by atoms with van der Waals surface area (Å²) in [7, 11) is 0. The first-order valence-electron chi connectivity index (χ1n) is 9.26. The highest BCUT2D eigenvalue weighted by Crippen LogP contribution is 2.39. The van der Waals surface area contributed by atoms with Crippen LogP contribution < -0.4 is 0 Å². The van der Waals surface area contributed by atoms with E-state index in [0.717, 1.165) is 27.7 Å². The van der Waals surface area contributed by atoms with Crippen LogP contribution in [0, 0.1) is 0 Å². The zero-order valence-electron chi connectivity index (χ0n) is 18.2. The Labute approximate surface area is 207 Å². The van der Waals surface area contributed by atoms with E-state index < -0.39 is 77.0 Å². The third-order valence-electron chi connectivity index (χ3n) is 3.91. The van der Waals surface area contributed by atoms with Crippen LogP contribution in [0.1, 0.15) is 27.7 Å². The molecule has 1 rings (SSSR count). The molecule has 0 amide bonds. The highest BCUT2D eigenvalue weighted by molar-refractivity contribution is 6.67. The van der Waals surface area contributed by atoms with E-state index >= 15 is 0 Å². The lowest BCUT2D eigenvalue weighted by Crippen LogP contribution is -2.70. The Morgan fingerprint density at radius 1 is 0.912 bits per heavy atom. The predicted octanol–water partition coefficient (Wildman–Crippen LogP) is 1.66. The van der Waals surface area contributed by atoms with Gasteiger partial charge in [0.15, 0.2) is 18.3 Å². The number of carbonyl (C=O) groups is 5. The largest absolute Gasteiger partial charge is 0.463 e. The van der Waals surface area contributed by atoms with Crippen molar-refractivity contribution >= 4 is 64.6 Å². The second-order valence-corrected chi connectivity index (χ2v) is 9.23. The van der Waals surface area contributed by atoms with E-state index in [9.17, 15) is 24.0 Å². The smallest absolute Gasteiger partial charge is 0.349 e. The van der Waals surface area contributed by atoms with Crippen molar-refractivity contribution in [3.8, 4) is 0 Å². The van der Waals surface area contributed by atoms with Crippen LogP contribution >= 0.6 is 34.8 Å². The van der Waals surface area contributed by atoms with Crippen molar-refractivity contribution in [2.45, 2.75) is 61.6 Å². The molecule has 0 unspecified atom stereocenters. The van der Waals surface area contributed by atoms with Crippen molar-refractivity contribution in [3.05, 3.63) is 10.4 Å². The molecular weight excluding hydrogens is 529 g/mol. The molecule has 1 saturated heterocycles. The maximum atomic E-state index is 13.1. The molecule has 1 aliphatic heterocycles. The molecular formula is C17H20Cl3N3O11. The van der Waals surface area contributed by atoms with Crippen molar-refractivity contribution < 1.29 is 52.4 Å². The summed E-state index contributed by atoms with van der Waals surface area (Å²) in [5.41, 5.74) is 6.28. The molecule has 34 heavy (non-hydrogen) atoms. The summed E-state index contributed by atoms with van der Waals surface area (Å²) < 4.78 is 28.7. The van der Waals surface area contributed by atoms with E-state index in [1.165, 1.54) is 0 Å². The molecule has 1 fully saturated rings. The van der Waals surface area contributed by atoms with Crippen LogP contribution in [0.5, 0.6) is 0 Å². The maximum absolute atomic E-state index is 13.1. The van der Waals surface area contributed by atoms with E-state index in [4.69, 9.17) is 68.8 Å². The predicted molar refractivity (Wildman–Crippen MR) is 111 cm³/mol. The molecule has 0 aromatic heterocycles. The van der Waals surface area contributed by atoms with Crippen LogP contribution in [0.25, 0.3) is 10.4 Å². The summed E-state index contributed by atoms with van der Waals surface area (Å²) in [6, 6.07) is 0. The number of rotatable bonds is 8. The minimum absolute atomic E-state index is 0.682. The van der Waals surface area contributed by atoms with Crippen molar-refractivity contribution in [2.24, 2.45) is 5.11 Å². The summed E-state index contributed by atoms with van der Waals surface area (Å²) in [6.07, 6.45) is -7.04. The fourth-order valence-corrected chi connectivity index (χ4v) is 3.05. The minimum Gasteiger partial charge on any atom is -0.463 e. The Morgan fingerprint density at radius 3 is 1.88 bits per heavy atom. The van der Waals surface area contributed by atoms with Gasteiger partial charge >= 0.3 is 29.8 Å². The Balaban J connectivity index is 3.73. The lowest BCUT2D eigenvalue weighted by atomic mass is 9.90. The summed E-state index contributed by atoms with van der Waals surface area (Å²) in [5, 5.41) is 3.30.